The van der Waals surface area contributed by atoms with Crippen molar-refractivity contribution in [3.05, 3.63) is 65.5 Å². The van der Waals surface area contributed by atoms with Gasteiger partial charge in [0.1, 0.15) is 0 Å². The Labute approximate surface area is 139 Å². The number of carbonyl (C=O) groups is 1. The lowest BCUT2D eigenvalue weighted by molar-refractivity contribution is 0.0958. The Morgan fingerprint density at radius 1 is 0.958 bits per heavy atom. The highest BCUT2D eigenvalue weighted by molar-refractivity contribution is 6.25. The van der Waals surface area contributed by atoms with E-state index in [9.17, 15) is 4.79 Å². The van der Waals surface area contributed by atoms with E-state index in [4.69, 9.17) is 9.47 Å². The van der Waals surface area contributed by atoms with Crippen molar-refractivity contribution < 1.29 is 14.3 Å². The quantitative estimate of drug-likeness (QED) is 0.730. The van der Waals surface area contributed by atoms with E-state index >= 15 is 0 Å². The number of hydrogen-bond donors (Lipinski definition) is 0. The average Bonchev–Trinajstić information content (AvgIpc) is 2.64. The van der Waals surface area contributed by atoms with Gasteiger partial charge in [-0.15, -0.1) is 0 Å². The van der Waals surface area contributed by atoms with Crippen molar-refractivity contribution in [2.45, 2.75) is 0 Å². The second-order valence-corrected chi connectivity index (χ2v) is 5.54. The van der Waals surface area contributed by atoms with Crippen LogP contribution in [-0.4, -0.2) is 25.0 Å². The molecular weight excluding hydrogens is 302 g/mol. The zero-order chi connectivity index (χ0) is 16.7. The molecule has 4 rings (SSSR count). The summed E-state index contributed by atoms with van der Waals surface area (Å²) in [6.45, 7) is 0. The maximum Gasteiger partial charge on any atom is 0.228 e. The molecule has 1 aromatic heterocycles. The number of ketones is 1. The van der Waals surface area contributed by atoms with Crippen LogP contribution in [0.15, 0.2) is 54.4 Å². The standard InChI is InChI=1S/C20H15NO3/c1-23-16-10-13-11-21-20(24-2)15-9-8-14(12-6-4-3-5-7-12)18(17(13)15)19(16)22/h3-11H,1-2H3. The Kier molecular flexibility index (Phi) is 3.31. The van der Waals surface area contributed by atoms with E-state index in [0.29, 0.717) is 17.2 Å². The Hall–Kier alpha value is -3.14. The zero-order valence-electron chi connectivity index (χ0n) is 13.4. The van der Waals surface area contributed by atoms with Crippen molar-refractivity contribution in [3.63, 3.8) is 0 Å². The number of carbonyl (C=O) groups excluding carboxylic acids is 1. The number of aromatic nitrogens is 1. The highest BCUT2D eigenvalue weighted by Gasteiger charge is 2.27. The minimum atomic E-state index is -0.122. The minimum absolute atomic E-state index is 0.122. The predicted molar refractivity (Wildman–Crippen MR) is 93.0 cm³/mol. The normalized spacial score (nSPS) is 12.9. The minimum Gasteiger partial charge on any atom is -0.493 e. The number of Topliss-reactive ketones (excluding diaryl/α,β-unsaturated/α-hetero) is 1. The molecule has 4 nitrogen and oxygen atoms in total. The first-order valence-electron chi connectivity index (χ1n) is 7.60. The third kappa shape index (κ3) is 2.00. The summed E-state index contributed by atoms with van der Waals surface area (Å²) < 4.78 is 10.7. The third-order valence-electron chi connectivity index (χ3n) is 4.28. The number of pyridine rings is 1. The van der Waals surface area contributed by atoms with Gasteiger partial charge in [0.2, 0.25) is 11.7 Å². The second kappa shape index (κ2) is 5.49. The molecule has 1 aliphatic carbocycles. The molecule has 0 aliphatic heterocycles. The lowest BCUT2D eigenvalue weighted by Crippen LogP contribution is -2.12. The molecule has 0 N–H and O–H groups in total. The summed E-state index contributed by atoms with van der Waals surface area (Å²) >= 11 is 0. The molecule has 2 aromatic carbocycles. The van der Waals surface area contributed by atoms with E-state index in [1.54, 1.807) is 19.4 Å². The second-order valence-electron chi connectivity index (χ2n) is 5.54. The Bertz CT molecular complexity index is 991. The van der Waals surface area contributed by atoms with Crippen LogP contribution >= 0.6 is 0 Å². The molecule has 0 fully saturated rings. The number of methoxy groups -OCH3 is 2. The molecule has 0 unspecified atom stereocenters. The third-order valence-corrected chi connectivity index (χ3v) is 4.28. The highest BCUT2D eigenvalue weighted by Crippen LogP contribution is 2.40. The molecule has 24 heavy (non-hydrogen) atoms. The summed E-state index contributed by atoms with van der Waals surface area (Å²) in [4.78, 5) is 17.3. The van der Waals surface area contributed by atoms with Crippen LogP contribution in [0.4, 0.5) is 0 Å². The number of rotatable bonds is 3. The Balaban J connectivity index is 2.13. The van der Waals surface area contributed by atoms with E-state index in [2.05, 4.69) is 4.98 Å². The Morgan fingerprint density at radius 2 is 1.75 bits per heavy atom. The fraction of sp³-hybridized carbons (Fsp3) is 0.100. The molecule has 118 valence electrons. The van der Waals surface area contributed by atoms with Crippen LogP contribution in [0.2, 0.25) is 0 Å². The maximum absolute atomic E-state index is 13.0. The molecule has 0 bridgehead atoms. The van der Waals surface area contributed by atoms with Gasteiger partial charge in [0, 0.05) is 28.1 Å². The molecule has 1 aliphatic rings. The first kappa shape index (κ1) is 14.5. The van der Waals surface area contributed by atoms with E-state index < -0.39 is 0 Å². The first-order valence-corrected chi connectivity index (χ1v) is 7.60. The number of nitrogens with zero attached hydrogens (tertiary/aromatic N) is 1. The summed E-state index contributed by atoms with van der Waals surface area (Å²) in [7, 11) is 3.09. The number of ether oxygens (including phenoxy) is 2. The van der Waals surface area contributed by atoms with Crippen molar-refractivity contribution >= 4 is 22.6 Å². The molecule has 4 heteroatoms. The largest absolute Gasteiger partial charge is 0.493 e. The van der Waals surface area contributed by atoms with Gasteiger partial charge in [-0.1, -0.05) is 36.4 Å². The molecule has 0 spiro atoms. The van der Waals surface area contributed by atoms with E-state index in [1.165, 1.54) is 7.11 Å². The van der Waals surface area contributed by atoms with Gasteiger partial charge in [-0.05, 0) is 23.3 Å². The van der Waals surface area contributed by atoms with Gasteiger partial charge in [-0.25, -0.2) is 4.98 Å². The number of hydrogen-bond acceptors (Lipinski definition) is 4. The molecule has 3 aromatic rings. The van der Waals surface area contributed by atoms with Gasteiger partial charge in [-0.2, -0.15) is 0 Å². The van der Waals surface area contributed by atoms with Gasteiger partial charge in [0.15, 0.2) is 5.76 Å². The van der Waals surface area contributed by atoms with Crippen LogP contribution in [0, 0.1) is 0 Å². The monoisotopic (exact) mass is 317 g/mol. The molecule has 0 saturated carbocycles. The van der Waals surface area contributed by atoms with Crippen LogP contribution in [0.1, 0.15) is 15.9 Å². The molecular formula is C20H15NO3. The average molecular weight is 317 g/mol. The van der Waals surface area contributed by atoms with Crippen molar-refractivity contribution in [2.24, 2.45) is 0 Å². The van der Waals surface area contributed by atoms with Crippen molar-refractivity contribution in [2.75, 3.05) is 14.2 Å². The summed E-state index contributed by atoms with van der Waals surface area (Å²) in [6, 6.07) is 13.8. The first-order chi connectivity index (χ1) is 11.7. The molecule has 0 atom stereocenters. The van der Waals surface area contributed by atoms with Gasteiger partial charge in [-0.3, -0.25) is 4.79 Å². The van der Waals surface area contributed by atoms with Crippen molar-refractivity contribution in [1.29, 1.82) is 0 Å². The lowest BCUT2D eigenvalue weighted by Gasteiger charge is -2.20. The smallest absolute Gasteiger partial charge is 0.228 e. The molecule has 0 radical (unpaired) electrons. The van der Waals surface area contributed by atoms with E-state index in [0.717, 1.165) is 27.5 Å². The van der Waals surface area contributed by atoms with Crippen LogP contribution in [0.25, 0.3) is 28.0 Å². The van der Waals surface area contributed by atoms with Gasteiger partial charge < -0.3 is 9.47 Å². The van der Waals surface area contributed by atoms with Gasteiger partial charge in [0.05, 0.1) is 14.2 Å². The molecule has 1 heterocycles. The maximum atomic E-state index is 13.0. The number of benzene rings is 2. The van der Waals surface area contributed by atoms with Gasteiger partial charge in [0.25, 0.3) is 0 Å². The Morgan fingerprint density at radius 3 is 2.46 bits per heavy atom. The number of allylic oxidation sites excluding steroid dienone is 1. The van der Waals surface area contributed by atoms with Crippen LogP contribution in [-0.2, 0) is 4.74 Å². The molecule has 0 saturated heterocycles. The summed E-state index contributed by atoms with van der Waals surface area (Å²) in [5.74, 6) is 0.707. The summed E-state index contributed by atoms with van der Waals surface area (Å²) in [6.07, 6.45) is 3.45. The highest BCUT2D eigenvalue weighted by atomic mass is 16.5. The molecule has 0 amide bonds. The predicted octanol–water partition coefficient (Wildman–Crippen LogP) is 4.09. The van der Waals surface area contributed by atoms with Crippen LogP contribution < -0.4 is 4.74 Å². The zero-order valence-corrected chi connectivity index (χ0v) is 13.4. The summed E-state index contributed by atoms with van der Waals surface area (Å²) in [5, 5.41) is 1.68. The van der Waals surface area contributed by atoms with Crippen LogP contribution in [0.3, 0.4) is 0 Å². The van der Waals surface area contributed by atoms with E-state index in [-0.39, 0.29) is 5.78 Å². The fourth-order valence-corrected chi connectivity index (χ4v) is 3.19. The summed E-state index contributed by atoms with van der Waals surface area (Å²) in [5.41, 5.74) is 3.36. The van der Waals surface area contributed by atoms with E-state index in [1.807, 2.05) is 42.5 Å². The van der Waals surface area contributed by atoms with Gasteiger partial charge >= 0.3 is 0 Å². The van der Waals surface area contributed by atoms with Crippen LogP contribution in [0.5, 0.6) is 5.88 Å². The fourth-order valence-electron chi connectivity index (χ4n) is 3.19. The van der Waals surface area contributed by atoms with Crippen molar-refractivity contribution in [3.8, 4) is 17.0 Å². The SMILES string of the molecule is COC1=Cc2cnc(OC)c3ccc(-c4ccccc4)c(c23)C1=O. The lowest BCUT2D eigenvalue weighted by atomic mass is 9.86. The topological polar surface area (TPSA) is 48.4 Å². The van der Waals surface area contributed by atoms with Crippen molar-refractivity contribution in [1.82, 2.24) is 4.98 Å².